The molecular formula is C11H19ClO. The van der Waals surface area contributed by atoms with Gasteiger partial charge in [-0.1, -0.05) is 50.3 Å². The molecule has 0 aromatic heterocycles. The minimum absolute atomic E-state index is 0.664. The molecule has 0 aliphatic heterocycles. The molecule has 1 rings (SSSR count). The third-order valence-electron chi connectivity index (χ3n) is 2.76. The summed E-state index contributed by atoms with van der Waals surface area (Å²) in [6.45, 7) is 2.04. The minimum Gasteiger partial charge on any atom is -0.384 e. The standard InChI is InChI=1S/C11H19ClO/c1-2-7-10(12)11(13)8-5-3-4-6-9-11/h7,13H,2-6,8-9H2,1H3/b10-7+. The molecule has 1 aliphatic rings. The normalized spacial score (nSPS) is 24.1. The number of rotatable bonds is 2. The molecule has 0 aromatic rings. The first-order chi connectivity index (χ1) is 6.19. The number of aliphatic hydroxyl groups is 1. The van der Waals surface area contributed by atoms with Crippen LogP contribution in [0.25, 0.3) is 0 Å². The van der Waals surface area contributed by atoms with Gasteiger partial charge in [-0.05, 0) is 19.3 Å². The Morgan fingerprint density at radius 2 is 1.85 bits per heavy atom. The van der Waals surface area contributed by atoms with Crippen LogP contribution in [0.15, 0.2) is 11.1 Å². The maximum absolute atomic E-state index is 10.3. The number of hydrogen-bond donors (Lipinski definition) is 1. The van der Waals surface area contributed by atoms with E-state index in [0.717, 1.165) is 32.1 Å². The lowest BCUT2D eigenvalue weighted by atomic mass is 9.93. The van der Waals surface area contributed by atoms with E-state index in [-0.39, 0.29) is 0 Å². The molecule has 1 N–H and O–H groups in total. The van der Waals surface area contributed by atoms with E-state index in [4.69, 9.17) is 11.6 Å². The summed E-state index contributed by atoms with van der Waals surface area (Å²) < 4.78 is 0. The highest BCUT2D eigenvalue weighted by Crippen LogP contribution is 2.35. The van der Waals surface area contributed by atoms with E-state index < -0.39 is 5.60 Å². The van der Waals surface area contributed by atoms with Crippen molar-refractivity contribution in [2.75, 3.05) is 0 Å². The largest absolute Gasteiger partial charge is 0.384 e. The van der Waals surface area contributed by atoms with Gasteiger partial charge in [0, 0.05) is 5.03 Å². The molecule has 2 heteroatoms. The average molecular weight is 203 g/mol. The van der Waals surface area contributed by atoms with Crippen molar-refractivity contribution in [1.29, 1.82) is 0 Å². The Morgan fingerprint density at radius 1 is 1.31 bits per heavy atom. The number of halogens is 1. The SMILES string of the molecule is CC/C=C(/Cl)C1(O)CCCCCC1. The topological polar surface area (TPSA) is 20.2 Å². The predicted molar refractivity (Wildman–Crippen MR) is 56.9 cm³/mol. The molecule has 1 saturated carbocycles. The van der Waals surface area contributed by atoms with E-state index in [9.17, 15) is 5.11 Å². The Labute approximate surface area is 85.8 Å². The highest BCUT2D eigenvalue weighted by atomic mass is 35.5. The lowest BCUT2D eigenvalue weighted by Crippen LogP contribution is -2.28. The van der Waals surface area contributed by atoms with E-state index in [1.54, 1.807) is 0 Å². The van der Waals surface area contributed by atoms with Gasteiger partial charge in [-0.25, -0.2) is 0 Å². The van der Waals surface area contributed by atoms with Crippen molar-refractivity contribution in [3.63, 3.8) is 0 Å². The summed E-state index contributed by atoms with van der Waals surface area (Å²) in [4.78, 5) is 0. The van der Waals surface area contributed by atoms with Crippen LogP contribution in [-0.4, -0.2) is 10.7 Å². The van der Waals surface area contributed by atoms with Gasteiger partial charge in [-0.3, -0.25) is 0 Å². The second kappa shape index (κ2) is 5.02. The van der Waals surface area contributed by atoms with Crippen LogP contribution < -0.4 is 0 Å². The van der Waals surface area contributed by atoms with Gasteiger partial charge in [-0.2, -0.15) is 0 Å². The van der Waals surface area contributed by atoms with Crippen molar-refractivity contribution in [3.8, 4) is 0 Å². The Hall–Kier alpha value is -0.0100. The fraction of sp³-hybridized carbons (Fsp3) is 0.818. The smallest absolute Gasteiger partial charge is 0.0998 e. The molecule has 0 bridgehead atoms. The summed E-state index contributed by atoms with van der Waals surface area (Å²) in [5.74, 6) is 0. The second-order valence-corrected chi connectivity index (χ2v) is 4.31. The molecule has 13 heavy (non-hydrogen) atoms. The molecule has 0 radical (unpaired) electrons. The van der Waals surface area contributed by atoms with Gasteiger partial charge in [0.05, 0.1) is 5.60 Å². The summed E-state index contributed by atoms with van der Waals surface area (Å²) in [6.07, 6.45) is 9.18. The zero-order valence-corrected chi connectivity index (χ0v) is 9.11. The fourth-order valence-electron chi connectivity index (χ4n) is 1.92. The molecule has 1 nitrogen and oxygen atoms in total. The van der Waals surface area contributed by atoms with Gasteiger partial charge in [0.1, 0.15) is 0 Å². The maximum atomic E-state index is 10.3. The van der Waals surface area contributed by atoms with E-state index in [2.05, 4.69) is 0 Å². The Morgan fingerprint density at radius 3 is 2.31 bits per heavy atom. The van der Waals surface area contributed by atoms with Crippen LogP contribution >= 0.6 is 11.6 Å². The van der Waals surface area contributed by atoms with Crippen LogP contribution in [0.3, 0.4) is 0 Å². The highest BCUT2D eigenvalue weighted by molar-refractivity contribution is 6.30. The number of hydrogen-bond acceptors (Lipinski definition) is 1. The molecule has 76 valence electrons. The quantitative estimate of drug-likeness (QED) is 0.679. The monoisotopic (exact) mass is 202 g/mol. The third-order valence-corrected chi connectivity index (χ3v) is 3.26. The molecule has 0 saturated heterocycles. The van der Waals surface area contributed by atoms with E-state index in [1.807, 2.05) is 13.0 Å². The van der Waals surface area contributed by atoms with Gasteiger partial charge in [-0.15, -0.1) is 0 Å². The highest BCUT2D eigenvalue weighted by Gasteiger charge is 2.30. The van der Waals surface area contributed by atoms with Gasteiger partial charge in [0.2, 0.25) is 0 Å². The lowest BCUT2D eigenvalue weighted by molar-refractivity contribution is 0.0696. The predicted octanol–water partition coefficient (Wildman–Crippen LogP) is 3.60. The van der Waals surface area contributed by atoms with Crippen molar-refractivity contribution in [2.45, 2.75) is 57.5 Å². The van der Waals surface area contributed by atoms with Crippen LogP contribution in [0.4, 0.5) is 0 Å². The van der Waals surface area contributed by atoms with E-state index in [1.165, 1.54) is 12.8 Å². The molecule has 0 unspecified atom stereocenters. The first-order valence-electron chi connectivity index (χ1n) is 5.27. The summed E-state index contributed by atoms with van der Waals surface area (Å²) >= 11 is 6.08. The van der Waals surface area contributed by atoms with Crippen LogP contribution in [0.2, 0.25) is 0 Å². The first kappa shape index (κ1) is 11.1. The summed E-state index contributed by atoms with van der Waals surface area (Å²) in [5.41, 5.74) is -0.700. The number of allylic oxidation sites excluding steroid dienone is 1. The molecule has 1 aliphatic carbocycles. The van der Waals surface area contributed by atoms with Crippen molar-refractivity contribution in [3.05, 3.63) is 11.1 Å². The van der Waals surface area contributed by atoms with Crippen LogP contribution in [0, 0.1) is 0 Å². The molecule has 0 spiro atoms. The van der Waals surface area contributed by atoms with Crippen LogP contribution in [0.5, 0.6) is 0 Å². The van der Waals surface area contributed by atoms with Gasteiger partial charge < -0.3 is 5.11 Å². The second-order valence-electron chi connectivity index (χ2n) is 3.91. The van der Waals surface area contributed by atoms with E-state index >= 15 is 0 Å². The van der Waals surface area contributed by atoms with Crippen molar-refractivity contribution < 1.29 is 5.11 Å². The van der Waals surface area contributed by atoms with Crippen molar-refractivity contribution in [1.82, 2.24) is 0 Å². The zero-order valence-electron chi connectivity index (χ0n) is 8.35. The lowest BCUT2D eigenvalue weighted by Gasteiger charge is -2.26. The Kier molecular flexibility index (Phi) is 4.27. The molecular weight excluding hydrogens is 184 g/mol. The molecule has 0 heterocycles. The molecule has 1 fully saturated rings. The van der Waals surface area contributed by atoms with Crippen molar-refractivity contribution >= 4 is 11.6 Å². The van der Waals surface area contributed by atoms with Gasteiger partial charge in [0.15, 0.2) is 0 Å². The maximum Gasteiger partial charge on any atom is 0.0998 e. The summed E-state index contributed by atoms with van der Waals surface area (Å²) in [5, 5.41) is 10.9. The minimum atomic E-state index is -0.700. The van der Waals surface area contributed by atoms with Crippen molar-refractivity contribution in [2.24, 2.45) is 0 Å². The zero-order chi connectivity index (χ0) is 9.73. The van der Waals surface area contributed by atoms with Gasteiger partial charge in [0.25, 0.3) is 0 Å². The molecule has 0 aromatic carbocycles. The third kappa shape index (κ3) is 2.99. The summed E-state index contributed by atoms with van der Waals surface area (Å²) in [7, 11) is 0. The molecule has 0 atom stereocenters. The van der Waals surface area contributed by atoms with Crippen LogP contribution in [-0.2, 0) is 0 Å². The average Bonchev–Trinajstić information content (AvgIpc) is 2.32. The Balaban J connectivity index is 2.65. The van der Waals surface area contributed by atoms with E-state index in [0.29, 0.717) is 5.03 Å². The fourth-order valence-corrected chi connectivity index (χ4v) is 2.26. The first-order valence-corrected chi connectivity index (χ1v) is 5.65. The van der Waals surface area contributed by atoms with Crippen LogP contribution in [0.1, 0.15) is 51.9 Å². The summed E-state index contributed by atoms with van der Waals surface area (Å²) in [6, 6.07) is 0. The Bertz CT molecular complexity index is 179. The van der Waals surface area contributed by atoms with Gasteiger partial charge >= 0.3 is 0 Å². The molecule has 0 amide bonds.